The van der Waals surface area contributed by atoms with Crippen molar-refractivity contribution in [1.29, 1.82) is 0 Å². The van der Waals surface area contributed by atoms with Crippen LogP contribution in [0.3, 0.4) is 0 Å². The molecule has 0 bridgehead atoms. The summed E-state index contributed by atoms with van der Waals surface area (Å²) >= 11 is 0. The smallest absolute Gasteiger partial charge is 0.416 e. The lowest BCUT2D eigenvalue weighted by Gasteiger charge is -2.41. The van der Waals surface area contributed by atoms with Crippen molar-refractivity contribution in [2.45, 2.75) is 134 Å². The number of unbranched alkanes of at least 4 members (excludes halogenated alkanes) is 8. The first-order valence-corrected chi connectivity index (χ1v) is 29.3. The summed E-state index contributed by atoms with van der Waals surface area (Å²) in [5.41, 5.74) is 0. The molecule has 0 radical (unpaired) electrons. The molecule has 0 aliphatic carbocycles. The highest BCUT2D eigenvalue weighted by molar-refractivity contribution is 6.86. The van der Waals surface area contributed by atoms with Crippen LogP contribution in [0.15, 0.2) is 0 Å². The van der Waals surface area contributed by atoms with E-state index < -0.39 is 43.0 Å². The Morgan fingerprint density at radius 2 is 0.674 bits per heavy atom. The molecule has 0 aliphatic rings. The summed E-state index contributed by atoms with van der Waals surface area (Å²) in [5, 5.41) is 0. The van der Waals surface area contributed by atoms with Gasteiger partial charge in [0.05, 0.1) is 13.2 Å². The van der Waals surface area contributed by atoms with E-state index in [9.17, 15) is 0 Å². The van der Waals surface area contributed by atoms with Gasteiger partial charge in [0.15, 0.2) is 16.6 Å². The Morgan fingerprint density at radius 1 is 0.348 bits per heavy atom. The van der Waals surface area contributed by atoms with Gasteiger partial charge < -0.3 is 39.2 Å². The van der Waals surface area contributed by atoms with Gasteiger partial charge in [0.25, 0.3) is 0 Å². The van der Waals surface area contributed by atoms with Crippen LogP contribution in [0.5, 0.6) is 0 Å². The van der Waals surface area contributed by atoms with Crippen molar-refractivity contribution in [1.82, 2.24) is 0 Å². The van der Waals surface area contributed by atoms with Gasteiger partial charge in [0, 0.05) is 67.9 Å². The molecule has 0 amide bonds. The van der Waals surface area contributed by atoms with Crippen LogP contribution in [-0.2, 0) is 49.0 Å². The van der Waals surface area contributed by atoms with Crippen LogP contribution < -0.4 is 0 Å². The van der Waals surface area contributed by atoms with Crippen LogP contribution in [0, 0.1) is 0 Å². The SMILES string of the molecule is CCOOCCCCCCCCCCC[Si](OC)(O[Si](C)(C)CCC[Si](OC)(OC)OC)O[Si](C)(C)CCC[Si](OC)(OC)OC. The predicted molar refractivity (Wildman–Crippen MR) is 196 cm³/mol. The highest BCUT2D eigenvalue weighted by Crippen LogP contribution is 2.33. The van der Waals surface area contributed by atoms with Crippen LogP contribution in [0.25, 0.3) is 0 Å². The molecule has 0 unspecified atom stereocenters. The molecule has 0 fully saturated rings. The average molecular weight is 749 g/mol. The molecule has 0 aromatic heterocycles. The van der Waals surface area contributed by atoms with Crippen molar-refractivity contribution in [3.63, 3.8) is 0 Å². The predicted octanol–water partition coefficient (Wildman–Crippen LogP) is 8.03. The minimum Gasteiger partial charge on any atom is -0.416 e. The van der Waals surface area contributed by atoms with Crippen LogP contribution >= 0.6 is 0 Å². The van der Waals surface area contributed by atoms with Crippen molar-refractivity contribution < 1.29 is 49.0 Å². The quantitative estimate of drug-likeness (QED) is 0.0282. The molecule has 46 heavy (non-hydrogen) atoms. The fraction of sp³-hybridized carbons (Fsp3) is 1.00. The Kier molecular flexibility index (Phi) is 25.9. The van der Waals surface area contributed by atoms with Crippen molar-refractivity contribution in [2.24, 2.45) is 0 Å². The third kappa shape index (κ3) is 19.7. The Bertz CT molecular complexity index is 673. The lowest BCUT2D eigenvalue weighted by Crippen LogP contribution is -2.57. The van der Waals surface area contributed by atoms with E-state index in [4.69, 9.17) is 49.0 Å². The number of hydrogen-bond acceptors (Lipinski definition) is 11. The molecule has 0 rings (SSSR count). The summed E-state index contributed by atoms with van der Waals surface area (Å²) in [7, 11) is -0.733. The fourth-order valence-corrected chi connectivity index (χ4v) is 22.4. The van der Waals surface area contributed by atoms with Crippen LogP contribution in [0.2, 0.25) is 56.4 Å². The summed E-state index contributed by atoms with van der Waals surface area (Å²) < 4.78 is 54.5. The van der Waals surface area contributed by atoms with E-state index in [2.05, 4.69) is 26.2 Å². The minimum absolute atomic E-state index is 0.604. The van der Waals surface area contributed by atoms with Gasteiger partial charge in [0.2, 0.25) is 0 Å². The molecule has 0 spiro atoms. The van der Waals surface area contributed by atoms with E-state index in [0.29, 0.717) is 13.2 Å². The van der Waals surface area contributed by atoms with Gasteiger partial charge in [-0.2, -0.15) is 0 Å². The first-order valence-electron chi connectivity index (χ1n) is 17.3. The van der Waals surface area contributed by atoms with Gasteiger partial charge >= 0.3 is 26.4 Å². The highest BCUT2D eigenvalue weighted by Gasteiger charge is 2.49. The molecular weight excluding hydrogens is 677 g/mol. The van der Waals surface area contributed by atoms with Gasteiger partial charge in [-0.15, -0.1) is 0 Å². The van der Waals surface area contributed by atoms with Gasteiger partial charge in [-0.05, 0) is 70.9 Å². The summed E-state index contributed by atoms with van der Waals surface area (Å²) in [6, 6.07) is 4.25. The number of hydrogen-bond donors (Lipinski definition) is 0. The maximum Gasteiger partial charge on any atom is 0.500 e. The maximum absolute atomic E-state index is 7.12. The molecule has 0 atom stereocenters. The summed E-state index contributed by atoms with van der Waals surface area (Å²) in [6.07, 6.45) is 12.6. The van der Waals surface area contributed by atoms with E-state index in [1.807, 2.05) is 6.92 Å². The monoisotopic (exact) mass is 748 g/mol. The molecule has 0 saturated carbocycles. The lowest BCUT2D eigenvalue weighted by atomic mass is 10.1. The second-order valence-corrected chi connectivity index (χ2v) is 31.2. The Balaban J connectivity index is 5.27. The third-order valence-electron chi connectivity index (χ3n) is 8.48. The Hall–Kier alpha value is 0.644. The second-order valence-electron chi connectivity index (χ2n) is 13.1. The van der Waals surface area contributed by atoms with E-state index in [1.165, 1.54) is 38.5 Å². The van der Waals surface area contributed by atoms with E-state index in [1.54, 1.807) is 49.8 Å². The molecule has 16 heteroatoms. The summed E-state index contributed by atoms with van der Waals surface area (Å²) in [6.45, 7) is 12.3. The van der Waals surface area contributed by atoms with Crippen molar-refractivity contribution >= 4 is 43.0 Å². The minimum atomic E-state index is -2.95. The molecular formula is C30H72O11Si5. The maximum atomic E-state index is 7.12. The fourth-order valence-electron chi connectivity index (χ4n) is 5.71. The molecule has 0 aliphatic heterocycles. The summed E-state index contributed by atoms with van der Waals surface area (Å²) in [5.74, 6) is 0. The first-order chi connectivity index (χ1) is 21.8. The van der Waals surface area contributed by atoms with Gasteiger partial charge in [-0.3, -0.25) is 0 Å². The van der Waals surface area contributed by atoms with Crippen LogP contribution in [-0.4, -0.2) is 106 Å². The molecule has 0 aromatic carbocycles. The molecule has 11 nitrogen and oxygen atoms in total. The van der Waals surface area contributed by atoms with E-state index in [-0.39, 0.29) is 0 Å². The molecule has 0 saturated heterocycles. The van der Waals surface area contributed by atoms with Gasteiger partial charge in [-0.1, -0.05) is 44.9 Å². The van der Waals surface area contributed by atoms with Gasteiger partial charge in [-0.25, -0.2) is 9.78 Å². The van der Waals surface area contributed by atoms with E-state index >= 15 is 0 Å². The molecule has 0 heterocycles. The normalized spacial score (nSPS) is 13.6. The van der Waals surface area contributed by atoms with E-state index in [0.717, 1.165) is 62.3 Å². The second kappa shape index (κ2) is 25.6. The van der Waals surface area contributed by atoms with Crippen molar-refractivity contribution in [2.75, 3.05) is 63.0 Å². The zero-order valence-electron chi connectivity index (χ0n) is 31.7. The average Bonchev–Trinajstić information content (AvgIpc) is 3.03. The lowest BCUT2D eigenvalue weighted by molar-refractivity contribution is -0.291. The van der Waals surface area contributed by atoms with Crippen molar-refractivity contribution in [3.8, 4) is 0 Å². The zero-order valence-corrected chi connectivity index (χ0v) is 36.7. The summed E-state index contributed by atoms with van der Waals surface area (Å²) in [4.78, 5) is 10.0. The molecule has 0 N–H and O–H groups in total. The topological polar surface area (TPSA) is 102 Å². The molecule has 278 valence electrons. The largest absolute Gasteiger partial charge is 0.500 e. The van der Waals surface area contributed by atoms with Crippen LogP contribution in [0.4, 0.5) is 0 Å². The Labute approximate surface area is 288 Å². The standard InChI is InChI=1S/C30H72O11Si5/c1-13-38-39-25-21-19-17-15-14-16-18-20-22-28-46(37-8,40-42(9,10)26-23-29-44(31-2,32-3)33-4)41-43(11,12)27-24-30-45(34-5,35-6)36-7/h13-30H2,1-12H3. The number of rotatable bonds is 33. The molecule has 0 aromatic rings. The third-order valence-corrected chi connectivity index (χ3v) is 25.8. The zero-order chi connectivity index (χ0) is 35.0. The Morgan fingerprint density at radius 3 is 1.02 bits per heavy atom. The van der Waals surface area contributed by atoms with Crippen molar-refractivity contribution in [3.05, 3.63) is 0 Å². The van der Waals surface area contributed by atoms with Gasteiger partial charge in [0.1, 0.15) is 0 Å². The highest BCUT2D eigenvalue weighted by atomic mass is 28.5. The first kappa shape index (κ1) is 46.6. The van der Waals surface area contributed by atoms with Crippen LogP contribution in [0.1, 0.15) is 77.6 Å².